The minimum absolute atomic E-state index is 0.0558. The Morgan fingerprint density at radius 2 is 1.52 bits per heavy atom. The van der Waals surface area contributed by atoms with Crippen molar-refractivity contribution in [1.29, 1.82) is 0 Å². The quantitative estimate of drug-likeness (QED) is 0.790. The molecule has 4 saturated carbocycles. The van der Waals surface area contributed by atoms with Gasteiger partial charge in [-0.25, -0.2) is 0 Å². The monoisotopic (exact) mass is 322 g/mol. The molecule has 4 fully saturated rings. The molecule has 0 aromatic heterocycles. The summed E-state index contributed by atoms with van der Waals surface area (Å²) < 4.78 is 56.3. The summed E-state index contributed by atoms with van der Waals surface area (Å²) in [6, 6.07) is 0. The number of alkyl halides is 2. The lowest BCUT2D eigenvalue weighted by atomic mass is 9.48. The first-order valence-corrected chi connectivity index (χ1v) is 8.93. The first kappa shape index (κ1) is 15.3. The second-order valence-corrected chi connectivity index (χ2v) is 8.80. The fourth-order valence-electron chi connectivity index (χ4n) is 5.26. The van der Waals surface area contributed by atoms with Crippen LogP contribution in [-0.4, -0.2) is 24.0 Å². The second-order valence-electron chi connectivity index (χ2n) is 7.33. The van der Waals surface area contributed by atoms with Crippen LogP contribution in [0.3, 0.4) is 0 Å². The van der Waals surface area contributed by atoms with Gasteiger partial charge in [0.2, 0.25) is 5.78 Å². The highest BCUT2D eigenvalue weighted by Gasteiger charge is 2.54. The van der Waals surface area contributed by atoms with Crippen LogP contribution in [-0.2, 0) is 14.9 Å². The molecule has 0 saturated heterocycles. The van der Waals surface area contributed by atoms with Gasteiger partial charge >= 0.3 is 15.4 Å². The molecule has 0 unspecified atom stereocenters. The first-order chi connectivity index (χ1) is 9.61. The summed E-state index contributed by atoms with van der Waals surface area (Å²) in [6.07, 6.45) is 6.42. The standard InChI is InChI=1S/C14H20F2O4S/c15-14(16,21(18,19)20)12(17)1-2-13-6-9-3-10(7-13)5-11(4-9)8-13/h9-11H,1-8H2,(H,18,19,20). The third kappa shape index (κ3) is 2.63. The summed E-state index contributed by atoms with van der Waals surface area (Å²) in [6.45, 7) is 0. The van der Waals surface area contributed by atoms with E-state index in [4.69, 9.17) is 4.55 Å². The maximum Gasteiger partial charge on any atom is 0.426 e. The van der Waals surface area contributed by atoms with Gasteiger partial charge in [0.25, 0.3) is 0 Å². The number of rotatable bonds is 5. The molecule has 0 aliphatic heterocycles. The highest BCUT2D eigenvalue weighted by Crippen LogP contribution is 2.61. The zero-order chi connectivity index (χ0) is 15.5. The molecule has 0 amide bonds. The van der Waals surface area contributed by atoms with E-state index in [1.807, 2.05) is 0 Å². The van der Waals surface area contributed by atoms with Crippen molar-refractivity contribution in [1.82, 2.24) is 0 Å². The van der Waals surface area contributed by atoms with Crippen LogP contribution in [0.25, 0.3) is 0 Å². The van der Waals surface area contributed by atoms with E-state index in [-0.39, 0.29) is 5.41 Å². The smallest absolute Gasteiger partial charge is 0.292 e. The molecule has 0 atom stereocenters. The molecular weight excluding hydrogens is 302 g/mol. The van der Waals surface area contributed by atoms with Crippen molar-refractivity contribution in [2.45, 2.75) is 56.6 Å². The molecule has 7 heteroatoms. The molecule has 4 bridgehead atoms. The minimum Gasteiger partial charge on any atom is -0.292 e. The first-order valence-electron chi connectivity index (χ1n) is 7.49. The minimum atomic E-state index is -5.66. The van der Waals surface area contributed by atoms with Crippen LogP contribution in [0.1, 0.15) is 51.4 Å². The fraction of sp³-hybridized carbons (Fsp3) is 0.929. The summed E-state index contributed by atoms with van der Waals surface area (Å²) >= 11 is 0. The summed E-state index contributed by atoms with van der Waals surface area (Å²) in [5.41, 5.74) is -0.0558. The third-order valence-corrected chi connectivity index (χ3v) is 6.57. The van der Waals surface area contributed by atoms with E-state index < -0.39 is 27.6 Å². The summed E-state index contributed by atoms with van der Waals surface area (Å²) in [7, 11) is -5.66. The number of halogens is 2. The van der Waals surface area contributed by atoms with Gasteiger partial charge in [-0.3, -0.25) is 9.35 Å². The van der Waals surface area contributed by atoms with Gasteiger partial charge in [0.05, 0.1) is 0 Å². The maximum absolute atomic E-state index is 13.3. The van der Waals surface area contributed by atoms with Crippen molar-refractivity contribution in [2.24, 2.45) is 23.2 Å². The van der Waals surface area contributed by atoms with Crippen molar-refractivity contribution < 1.29 is 26.5 Å². The number of carbonyl (C=O) groups is 1. The molecular formula is C14H20F2O4S. The highest BCUT2D eigenvalue weighted by atomic mass is 32.2. The van der Waals surface area contributed by atoms with E-state index in [2.05, 4.69) is 0 Å². The van der Waals surface area contributed by atoms with Crippen LogP contribution in [0.15, 0.2) is 0 Å². The Kier molecular flexibility index (Phi) is 3.44. The Hall–Kier alpha value is -0.560. The molecule has 21 heavy (non-hydrogen) atoms. The van der Waals surface area contributed by atoms with Crippen molar-refractivity contribution in [3.63, 3.8) is 0 Å². The van der Waals surface area contributed by atoms with Crippen LogP contribution >= 0.6 is 0 Å². The van der Waals surface area contributed by atoms with Crippen LogP contribution in [0.2, 0.25) is 0 Å². The lowest BCUT2D eigenvalue weighted by Gasteiger charge is -2.57. The lowest BCUT2D eigenvalue weighted by Crippen LogP contribution is -2.46. The van der Waals surface area contributed by atoms with Gasteiger partial charge in [0.1, 0.15) is 0 Å². The second kappa shape index (κ2) is 4.72. The van der Waals surface area contributed by atoms with Crippen molar-refractivity contribution in [3.05, 3.63) is 0 Å². The third-order valence-electron chi connectivity index (χ3n) is 5.70. The normalized spacial score (nSPS) is 38.7. The van der Waals surface area contributed by atoms with E-state index in [9.17, 15) is 22.0 Å². The Morgan fingerprint density at radius 3 is 1.90 bits per heavy atom. The molecule has 4 aliphatic rings. The molecule has 0 aromatic rings. The SMILES string of the molecule is O=C(CCC12CC3CC(CC(C3)C1)C2)C(F)(F)S(=O)(=O)O. The average molecular weight is 322 g/mol. The molecule has 0 radical (unpaired) electrons. The van der Waals surface area contributed by atoms with Crippen molar-refractivity contribution >= 4 is 15.9 Å². The number of ketones is 1. The molecule has 4 aliphatic carbocycles. The molecule has 1 N–H and O–H groups in total. The highest BCUT2D eigenvalue weighted by molar-refractivity contribution is 7.87. The summed E-state index contributed by atoms with van der Waals surface area (Å²) in [4.78, 5) is 11.5. The summed E-state index contributed by atoms with van der Waals surface area (Å²) in [5.74, 6) is 0.260. The Bertz CT molecular complexity index is 520. The molecule has 0 heterocycles. The zero-order valence-electron chi connectivity index (χ0n) is 11.7. The number of hydrogen-bond acceptors (Lipinski definition) is 3. The zero-order valence-corrected chi connectivity index (χ0v) is 12.5. The van der Waals surface area contributed by atoms with Crippen molar-refractivity contribution in [3.8, 4) is 0 Å². The molecule has 0 aromatic carbocycles. The van der Waals surface area contributed by atoms with Gasteiger partial charge in [-0.1, -0.05) is 0 Å². The van der Waals surface area contributed by atoms with Crippen LogP contribution in [0, 0.1) is 23.2 Å². The van der Waals surface area contributed by atoms with E-state index in [0.717, 1.165) is 19.3 Å². The predicted molar refractivity (Wildman–Crippen MR) is 71.3 cm³/mol. The number of hydrogen-bond donors (Lipinski definition) is 1. The van der Waals surface area contributed by atoms with Crippen LogP contribution in [0.5, 0.6) is 0 Å². The largest absolute Gasteiger partial charge is 0.426 e. The van der Waals surface area contributed by atoms with Gasteiger partial charge < -0.3 is 0 Å². The van der Waals surface area contributed by atoms with Crippen molar-refractivity contribution in [2.75, 3.05) is 0 Å². The lowest BCUT2D eigenvalue weighted by molar-refractivity contribution is -0.136. The number of carbonyl (C=O) groups excluding carboxylic acids is 1. The van der Waals surface area contributed by atoms with Gasteiger partial charge in [0, 0.05) is 6.42 Å². The van der Waals surface area contributed by atoms with Gasteiger partial charge in [0.15, 0.2) is 0 Å². The van der Waals surface area contributed by atoms with E-state index in [1.165, 1.54) is 19.3 Å². The predicted octanol–water partition coefficient (Wildman–Crippen LogP) is 3.03. The van der Waals surface area contributed by atoms with E-state index >= 15 is 0 Å². The molecule has 0 spiro atoms. The average Bonchev–Trinajstić information content (AvgIpc) is 2.32. The maximum atomic E-state index is 13.3. The van der Waals surface area contributed by atoms with Crippen LogP contribution < -0.4 is 0 Å². The Balaban J connectivity index is 1.67. The van der Waals surface area contributed by atoms with E-state index in [0.29, 0.717) is 24.2 Å². The summed E-state index contributed by atoms with van der Waals surface area (Å²) in [5, 5.41) is -4.67. The topological polar surface area (TPSA) is 71.4 Å². The van der Waals surface area contributed by atoms with Gasteiger partial charge in [-0.15, -0.1) is 0 Å². The van der Waals surface area contributed by atoms with Crippen LogP contribution in [0.4, 0.5) is 8.78 Å². The Morgan fingerprint density at radius 1 is 1.10 bits per heavy atom. The van der Waals surface area contributed by atoms with Gasteiger partial charge in [-0.05, 0) is 68.1 Å². The van der Waals surface area contributed by atoms with E-state index in [1.54, 1.807) is 0 Å². The van der Waals surface area contributed by atoms with Gasteiger partial charge in [-0.2, -0.15) is 17.2 Å². The fourth-order valence-corrected chi connectivity index (χ4v) is 5.65. The molecule has 4 rings (SSSR count). The number of Topliss-reactive ketones (excluding diaryl/α,β-unsaturated/α-hetero) is 1. The molecule has 120 valence electrons. The Labute approximate surface area is 123 Å². The molecule has 4 nitrogen and oxygen atoms in total.